The number of carbonyl (C=O) groups is 1. The molecule has 0 radical (unpaired) electrons. The zero-order chi connectivity index (χ0) is 22.5. The van der Waals surface area contributed by atoms with E-state index in [-0.39, 0.29) is 5.91 Å². The summed E-state index contributed by atoms with van der Waals surface area (Å²) in [5.74, 6) is 2.18. The highest BCUT2D eigenvalue weighted by molar-refractivity contribution is 5.94. The van der Waals surface area contributed by atoms with E-state index in [1.807, 2.05) is 38.1 Å². The summed E-state index contributed by atoms with van der Waals surface area (Å²) in [7, 11) is 0. The highest BCUT2D eigenvalue weighted by atomic mass is 16.5. The van der Waals surface area contributed by atoms with Crippen LogP contribution in [0.25, 0.3) is 0 Å². The molecule has 0 saturated carbocycles. The van der Waals surface area contributed by atoms with Gasteiger partial charge in [0.2, 0.25) is 5.91 Å². The summed E-state index contributed by atoms with van der Waals surface area (Å²) in [6, 6.07) is 13.9. The van der Waals surface area contributed by atoms with Crippen molar-refractivity contribution < 1.29 is 14.1 Å². The molecule has 31 heavy (non-hydrogen) atoms. The topological polar surface area (TPSA) is 64.4 Å². The Balaban J connectivity index is 1.65. The fourth-order valence-electron chi connectivity index (χ4n) is 3.63. The number of amides is 1. The van der Waals surface area contributed by atoms with Gasteiger partial charge in [-0.2, -0.15) is 0 Å². The maximum absolute atomic E-state index is 12.8. The van der Waals surface area contributed by atoms with E-state index < -0.39 is 0 Å². The smallest absolute Gasteiger partial charge is 0.228 e. The van der Waals surface area contributed by atoms with E-state index in [1.54, 1.807) is 0 Å². The molecule has 0 unspecified atom stereocenters. The van der Waals surface area contributed by atoms with Crippen LogP contribution in [-0.2, 0) is 17.8 Å². The van der Waals surface area contributed by atoms with Crippen LogP contribution in [0, 0.1) is 13.8 Å². The molecule has 3 aromatic rings. The average molecular weight is 421 g/mol. The number of nitrogens with zero attached hydrogens (tertiary/aromatic N) is 1. The zero-order valence-corrected chi connectivity index (χ0v) is 19.3. The summed E-state index contributed by atoms with van der Waals surface area (Å²) in [4.78, 5) is 12.8. The van der Waals surface area contributed by atoms with Crippen LogP contribution < -0.4 is 10.1 Å². The molecule has 1 amide bonds. The molecule has 2 aromatic carbocycles. The minimum Gasteiger partial charge on any atom is -0.489 e. The van der Waals surface area contributed by atoms with Crippen LogP contribution in [0.4, 0.5) is 5.69 Å². The predicted octanol–water partition coefficient (Wildman–Crippen LogP) is 6.30. The van der Waals surface area contributed by atoms with Crippen molar-refractivity contribution in [1.29, 1.82) is 0 Å². The van der Waals surface area contributed by atoms with Gasteiger partial charge in [0.05, 0.1) is 17.7 Å². The molecule has 0 saturated heterocycles. The van der Waals surface area contributed by atoms with Gasteiger partial charge in [-0.05, 0) is 54.5 Å². The predicted molar refractivity (Wildman–Crippen MR) is 124 cm³/mol. The molecule has 164 valence electrons. The Morgan fingerprint density at radius 1 is 1.00 bits per heavy atom. The summed E-state index contributed by atoms with van der Waals surface area (Å²) in [6.45, 7) is 12.8. The minimum atomic E-state index is -0.0145. The van der Waals surface area contributed by atoms with Crippen molar-refractivity contribution in [2.75, 3.05) is 5.32 Å². The number of ether oxygens (including phenoxy) is 1. The number of hydrogen-bond acceptors (Lipinski definition) is 4. The Morgan fingerprint density at radius 3 is 2.13 bits per heavy atom. The van der Waals surface area contributed by atoms with E-state index in [1.165, 1.54) is 11.1 Å². The second kappa shape index (κ2) is 9.82. The van der Waals surface area contributed by atoms with Gasteiger partial charge in [0, 0.05) is 5.69 Å². The second-order valence-electron chi connectivity index (χ2n) is 8.58. The fraction of sp³-hybridized carbons (Fsp3) is 0.385. The van der Waals surface area contributed by atoms with Gasteiger partial charge in [0.1, 0.15) is 18.1 Å². The van der Waals surface area contributed by atoms with Gasteiger partial charge in [-0.1, -0.05) is 63.2 Å². The Hall–Kier alpha value is -3.08. The van der Waals surface area contributed by atoms with Crippen LogP contribution in [-0.4, -0.2) is 11.1 Å². The zero-order valence-electron chi connectivity index (χ0n) is 19.3. The van der Waals surface area contributed by atoms with Crippen LogP contribution in [0.15, 0.2) is 47.0 Å². The molecule has 5 nitrogen and oxygen atoms in total. The van der Waals surface area contributed by atoms with Gasteiger partial charge in [-0.25, -0.2) is 0 Å². The van der Waals surface area contributed by atoms with E-state index in [0.717, 1.165) is 34.0 Å². The first kappa shape index (κ1) is 22.6. The first-order valence-electron chi connectivity index (χ1n) is 10.8. The quantitative estimate of drug-likeness (QED) is 0.464. The van der Waals surface area contributed by atoms with E-state index in [2.05, 4.69) is 56.4 Å². The third kappa shape index (κ3) is 5.54. The molecule has 1 aromatic heterocycles. The number of aromatic nitrogens is 1. The highest BCUT2D eigenvalue weighted by Crippen LogP contribution is 2.32. The standard InChI is InChI=1S/C26H32N2O3/c1-16(2)22-8-7-9-23(17(3)4)26(22)27-25(29)14-20-10-12-21(13-11-20)30-15-24-18(5)28-31-19(24)6/h7-13,16-17H,14-15H2,1-6H3,(H,27,29). The molecule has 0 fully saturated rings. The molecule has 1 heterocycles. The Labute approximate surface area is 184 Å². The van der Waals surface area contributed by atoms with Crippen LogP contribution in [0.5, 0.6) is 5.75 Å². The molecule has 0 aliphatic heterocycles. The number of rotatable bonds is 8. The second-order valence-corrected chi connectivity index (χ2v) is 8.58. The summed E-state index contributed by atoms with van der Waals surface area (Å²) < 4.78 is 11.0. The molecule has 1 N–H and O–H groups in total. The number of benzene rings is 2. The molecule has 0 spiro atoms. The number of anilines is 1. The molecule has 0 atom stereocenters. The lowest BCUT2D eigenvalue weighted by atomic mass is 9.92. The van der Waals surface area contributed by atoms with Gasteiger partial charge >= 0.3 is 0 Å². The monoisotopic (exact) mass is 420 g/mol. The van der Waals surface area contributed by atoms with E-state index in [9.17, 15) is 4.79 Å². The summed E-state index contributed by atoms with van der Waals surface area (Å²) in [5, 5.41) is 7.12. The molecule has 0 bridgehead atoms. The van der Waals surface area contributed by atoms with Gasteiger partial charge < -0.3 is 14.6 Å². The highest BCUT2D eigenvalue weighted by Gasteiger charge is 2.16. The lowest BCUT2D eigenvalue weighted by molar-refractivity contribution is -0.115. The van der Waals surface area contributed by atoms with Crippen molar-refractivity contribution in [1.82, 2.24) is 5.16 Å². The lowest BCUT2D eigenvalue weighted by Gasteiger charge is -2.20. The van der Waals surface area contributed by atoms with Crippen molar-refractivity contribution in [2.45, 2.75) is 66.4 Å². The first-order chi connectivity index (χ1) is 14.8. The Morgan fingerprint density at radius 2 is 1.61 bits per heavy atom. The van der Waals surface area contributed by atoms with Crippen LogP contribution in [0.3, 0.4) is 0 Å². The van der Waals surface area contributed by atoms with E-state index >= 15 is 0 Å². The third-order valence-corrected chi connectivity index (χ3v) is 5.49. The molecule has 0 aliphatic carbocycles. The maximum atomic E-state index is 12.8. The van der Waals surface area contributed by atoms with E-state index in [0.29, 0.717) is 24.9 Å². The largest absolute Gasteiger partial charge is 0.489 e. The number of nitrogens with one attached hydrogen (secondary N) is 1. The molecular weight excluding hydrogens is 388 g/mol. The maximum Gasteiger partial charge on any atom is 0.228 e. The lowest BCUT2D eigenvalue weighted by Crippen LogP contribution is -2.17. The van der Waals surface area contributed by atoms with Crippen LogP contribution in [0.2, 0.25) is 0 Å². The number of aryl methyl sites for hydroxylation is 2. The normalized spacial score (nSPS) is 11.2. The van der Waals surface area contributed by atoms with Crippen molar-refractivity contribution in [3.05, 3.63) is 76.2 Å². The van der Waals surface area contributed by atoms with Crippen molar-refractivity contribution in [2.24, 2.45) is 0 Å². The van der Waals surface area contributed by atoms with Gasteiger partial charge in [-0.3, -0.25) is 4.79 Å². The Kier molecular flexibility index (Phi) is 7.16. The SMILES string of the molecule is Cc1noc(C)c1COc1ccc(CC(=O)Nc2c(C(C)C)cccc2C(C)C)cc1. The van der Waals surface area contributed by atoms with Crippen molar-refractivity contribution in [3.63, 3.8) is 0 Å². The molecule has 5 heteroatoms. The summed E-state index contributed by atoms with van der Waals surface area (Å²) in [6.07, 6.45) is 0.314. The summed E-state index contributed by atoms with van der Waals surface area (Å²) >= 11 is 0. The third-order valence-electron chi connectivity index (χ3n) is 5.49. The van der Waals surface area contributed by atoms with Gasteiger partial charge in [-0.15, -0.1) is 0 Å². The minimum absolute atomic E-state index is 0.0145. The number of hydrogen-bond donors (Lipinski definition) is 1. The first-order valence-corrected chi connectivity index (χ1v) is 10.8. The molecule has 0 aliphatic rings. The Bertz CT molecular complexity index is 988. The molecular formula is C26H32N2O3. The summed E-state index contributed by atoms with van der Waals surface area (Å²) in [5.41, 5.74) is 6.04. The van der Waals surface area contributed by atoms with Crippen molar-refractivity contribution >= 4 is 11.6 Å². The van der Waals surface area contributed by atoms with Crippen molar-refractivity contribution in [3.8, 4) is 5.75 Å². The number of carbonyl (C=O) groups excluding carboxylic acids is 1. The van der Waals surface area contributed by atoms with Gasteiger partial charge in [0.15, 0.2) is 0 Å². The van der Waals surface area contributed by atoms with E-state index in [4.69, 9.17) is 9.26 Å². The number of para-hydroxylation sites is 1. The van der Waals surface area contributed by atoms with Gasteiger partial charge in [0.25, 0.3) is 0 Å². The average Bonchev–Trinajstić information content (AvgIpc) is 3.04. The fourth-order valence-corrected chi connectivity index (χ4v) is 3.63. The molecule has 3 rings (SSSR count). The van der Waals surface area contributed by atoms with Crippen LogP contribution >= 0.6 is 0 Å². The van der Waals surface area contributed by atoms with Crippen LogP contribution in [0.1, 0.15) is 73.2 Å².